The van der Waals surface area contributed by atoms with Gasteiger partial charge < -0.3 is 14.0 Å². The quantitative estimate of drug-likeness (QED) is 0.248. The molecule has 33 heavy (non-hydrogen) atoms. The minimum atomic E-state index is -3.59. The van der Waals surface area contributed by atoms with Gasteiger partial charge in [-0.1, -0.05) is 39.0 Å². The van der Waals surface area contributed by atoms with E-state index >= 15 is 0 Å². The van der Waals surface area contributed by atoms with Crippen LogP contribution < -0.4 is 0 Å². The summed E-state index contributed by atoms with van der Waals surface area (Å²) in [5, 5.41) is 0.235. The number of fused-ring (bicyclic) bond motifs is 1. The number of thioether (sulfide) groups is 1. The fraction of sp³-hybridized carbons (Fsp3) is 0.652. The van der Waals surface area contributed by atoms with Crippen LogP contribution in [-0.4, -0.2) is 65.9 Å². The highest BCUT2D eigenvalue weighted by Crippen LogP contribution is 2.31. The van der Waals surface area contributed by atoms with Crippen LogP contribution in [0.2, 0.25) is 0 Å². The summed E-state index contributed by atoms with van der Waals surface area (Å²) in [5.74, 6) is -0.269. The number of rotatable bonds is 12. The molecule has 3 rings (SSSR count). The lowest BCUT2D eigenvalue weighted by atomic mass is 10.2. The number of sulfonamides is 1. The van der Waals surface area contributed by atoms with E-state index in [2.05, 4.69) is 0 Å². The molecule has 0 bridgehead atoms. The number of unbranched alkanes of at least 4 members (excludes halogenated alkanes) is 1. The summed E-state index contributed by atoms with van der Waals surface area (Å²) in [6, 6.07) is 5.08. The Morgan fingerprint density at radius 3 is 2.73 bits per heavy atom. The fourth-order valence-corrected chi connectivity index (χ4v) is 6.27. The number of nitrogens with zero attached hydrogens (tertiary/aromatic N) is 3. The van der Waals surface area contributed by atoms with E-state index in [9.17, 15) is 13.2 Å². The minimum Gasteiger partial charge on any atom is -0.465 e. The maximum Gasteiger partial charge on any atom is 0.319 e. The van der Waals surface area contributed by atoms with Crippen molar-refractivity contribution < 1.29 is 22.7 Å². The van der Waals surface area contributed by atoms with Gasteiger partial charge in [0.2, 0.25) is 10.0 Å². The molecule has 1 saturated heterocycles. The summed E-state index contributed by atoms with van der Waals surface area (Å²) in [7, 11) is -3.59. The Morgan fingerprint density at radius 2 is 2.09 bits per heavy atom. The number of aromatic nitrogens is 2. The van der Waals surface area contributed by atoms with Crippen LogP contribution in [0.25, 0.3) is 11.0 Å². The van der Waals surface area contributed by atoms with Crippen molar-refractivity contribution in [1.29, 1.82) is 0 Å². The van der Waals surface area contributed by atoms with Gasteiger partial charge in [0.25, 0.3) is 0 Å². The van der Waals surface area contributed by atoms with E-state index in [0.29, 0.717) is 36.9 Å². The Hall–Kier alpha value is -1.62. The summed E-state index contributed by atoms with van der Waals surface area (Å²) in [6.07, 6.45) is 3.86. The van der Waals surface area contributed by atoms with Crippen molar-refractivity contribution in [2.75, 3.05) is 26.3 Å². The van der Waals surface area contributed by atoms with Crippen LogP contribution in [0, 0.1) is 0 Å². The topological polar surface area (TPSA) is 90.7 Å². The van der Waals surface area contributed by atoms with Crippen molar-refractivity contribution in [1.82, 2.24) is 13.9 Å². The van der Waals surface area contributed by atoms with Crippen LogP contribution in [0.15, 0.2) is 28.3 Å². The highest BCUT2D eigenvalue weighted by Gasteiger charge is 2.26. The standard InChI is InChI=1S/C23H35N3O5S2/c1-5-8-13-31-22(27)17(4)32-23-24-20-15-19(33(28,29)25(6-2)7-3)11-12-21(20)26(23)16-18-10-9-14-30-18/h11-12,15,17-18H,5-10,13-14,16H2,1-4H3/t17-,18-/m0/s1. The lowest BCUT2D eigenvalue weighted by Crippen LogP contribution is -2.30. The molecule has 1 aliphatic rings. The van der Waals surface area contributed by atoms with E-state index in [1.165, 1.54) is 16.1 Å². The molecule has 1 fully saturated rings. The number of carbonyl (C=O) groups is 1. The summed E-state index contributed by atoms with van der Waals surface area (Å²) in [6.45, 7) is 10.1. The van der Waals surface area contributed by atoms with Gasteiger partial charge in [-0.25, -0.2) is 13.4 Å². The average molecular weight is 498 g/mol. The maximum absolute atomic E-state index is 13.0. The van der Waals surface area contributed by atoms with Gasteiger partial charge in [0.05, 0.1) is 35.2 Å². The van der Waals surface area contributed by atoms with Gasteiger partial charge in [0.1, 0.15) is 5.25 Å². The van der Waals surface area contributed by atoms with Crippen molar-refractivity contribution >= 4 is 38.8 Å². The van der Waals surface area contributed by atoms with Crippen LogP contribution in [0.5, 0.6) is 0 Å². The summed E-state index contributed by atoms with van der Waals surface area (Å²) in [5.41, 5.74) is 1.42. The molecule has 2 atom stereocenters. The van der Waals surface area contributed by atoms with Gasteiger partial charge in [0, 0.05) is 19.7 Å². The molecule has 0 N–H and O–H groups in total. The first-order valence-electron chi connectivity index (χ1n) is 11.8. The lowest BCUT2D eigenvalue weighted by molar-refractivity contribution is -0.142. The van der Waals surface area contributed by atoms with Crippen molar-refractivity contribution in [3.05, 3.63) is 18.2 Å². The second-order valence-corrected chi connectivity index (χ2v) is 11.4. The number of esters is 1. The third-order valence-corrected chi connectivity index (χ3v) is 8.91. The highest BCUT2D eigenvalue weighted by molar-refractivity contribution is 8.00. The van der Waals surface area contributed by atoms with Crippen molar-refractivity contribution in [2.24, 2.45) is 0 Å². The molecule has 1 aromatic heterocycles. The summed E-state index contributed by atoms with van der Waals surface area (Å²) >= 11 is 1.34. The van der Waals surface area contributed by atoms with E-state index in [0.717, 1.165) is 37.8 Å². The van der Waals surface area contributed by atoms with Crippen molar-refractivity contribution in [3.8, 4) is 0 Å². The van der Waals surface area contributed by atoms with Gasteiger partial charge >= 0.3 is 5.97 Å². The minimum absolute atomic E-state index is 0.0765. The molecule has 8 nitrogen and oxygen atoms in total. The van der Waals surface area contributed by atoms with E-state index in [4.69, 9.17) is 14.5 Å². The molecular weight excluding hydrogens is 462 g/mol. The smallest absolute Gasteiger partial charge is 0.319 e. The van der Waals surface area contributed by atoms with E-state index in [1.54, 1.807) is 12.1 Å². The van der Waals surface area contributed by atoms with Gasteiger partial charge in [-0.3, -0.25) is 4.79 Å². The van der Waals surface area contributed by atoms with Crippen LogP contribution in [-0.2, 0) is 30.8 Å². The van der Waals surface area contributed by atoms with E-state index in [-0.39, 0.29) is 17.0 Å². The molecule has 0 saturated carbocycles. The fourth-order valence-electron chi connectivity index (χ4n) is 3.86. The Labute approximate surface area is 201 Å². The molecule has 2 aromatic rings. The van der Waals surface area contributed by atoms with Crippen LogP contribution in [0.4, 0.5) is 0 Å². The molecule has 0 unspecified atom stereocenters. The Morgan fingerprint density at radius 1 is 1.33 bits per heavy atom. The van der Waals surface area contributed by atoms with Crippen LogP contribution >= 0.6 is 11.8 Å². The van der Waals surface area contributed by atoms with E-state index in [1.807, 2.05) is 38.3 Å². The Balaban J connectivity index is 1.94. The molecule has 0 spiro atoms. The third kappa shape index (κ3) is 6.09. The van der Waals surface area contributed by atoms with Crippen LogP contribution in [0.3, 0.4) is 0 Å². The average Bonchev–Trinajstić information content (AvgIpc) is 3.42. The van der Waals surface area contributed by atoms with Crippen LogP contribution in [0.1, 0.15) is 53.4 Å². The number of ether oxygens (including phenoxy) is 2. The molecule has 0 radical (unpaired) electrons. The number of imidazole rings is 1. The number of hydrogen-bond acceptors (Lipinski definition) is 7. The zero-order valence-corrected chi connectivity index (χ0v) is 21.6. The molecule has 10 heteroatoms. The molecule has 1 aromatic carbocycles. The van der Waals surface area contributed by atoms with Crippen molar-refractivity contribution in [2.45, 2.75) is 81.3 Å². The summed E-state index contributed by atoms with van der Waals surface area (Å²) < 4.78 is 40.7. The molecule has 0 amide bonds. The molecular formula is C23H35N3O5S2. The Bertz CT molecular complexity index is 1040. The SMILES string of the molecule is CCCCOC(=O)[C@H](C)Sc1nc2cc(S(=O)(=O)N(CC)CC)ccc2n1C[C@@H]1CCCO1. The first kappa shape index (κ1) is 26.0. The molecule has 184 valence electrons. The molecule has 0 aliphatic carbocycles. The Kier molecular flexibility index (Phi) is 9.20. The number of hydrogen-bond donors (Lipinski definition) is 0. The number of benzene rings is 1. The van der Waals surface area contributed by atoms with Gasteiger partial charge in [-0.2, -0.15) is 4.31 Å². The van der Waals surface area contributed by atoms with Gasteiger partial charge in [-0.05, 0) is 44.4 Å². The van der Waals surface area contributed by atoms with E-state index < -0.39 is 15.3 Å². The third-order valence-electron chi connectivity index (χ3n) is 5.79. The largest absolute Gasteiger partial charge is 0.465 e. The normalized spacial score (nSPS) is 17.7. The monoisotopic (exact) mass is 497 g/mol. The molecule has 2 heterocycles. The van der Waals surface area contributed by atoms with Crippen molar-refractivity contribution in [3.63, 3.8) is 0 Å². The first-order chi connectivity index (χ1) is 15.8. The maximum atomic E-state index is 13.0. The zero-order valence-electron chi connectivity index (χ0n) is 20.0. The number of carbonyl (C=O) groups excluding carboxylic acids is 1. The summed E-state index contributed by atoms with van der Waals surface area (Å²) in [4.78, 5) is 17.4. The highest BCUT2D eigenvalue weighted by atomic mass is 32.2. The van der Waals surface area contributed by atoms with Gasteiger partial charge in [0.15, 0.2) is 5.16 Å². The molecule has 1 aliphatic heterocycles. The predicted octanol–water partition coefficient (Wildman–Crippen LogP) is 4.07. The lowest BCUT2D eigenvalue weighted by Gasteiger charge is -2.18. The first-order valence-corrected chi connectivity index (χ1v) is 14.1. The van der Waals surface area contributed by atoms with Gasteiger partial charge in [-0.15, -0.1) is 0 Å². The second-order valence-electron chi connectivity index (χ2n) is 8.16. The predicted molar refractivity (Wildman–Crippen MR) is 130 cm³/mol. The zero-order chi connectivity index (χ0) is 24.0. The second kappa shape index (κ2) is 11.7.